The van der Waals surface area contributed by atoms with Gasteiger partial charge in [0.1, 0.15) is 0 Å². The second-order valence-corrected chi connectivity index (χ2v) is 6.54. The number of ketones is 1. The molecule has 0 amide bonds. The number of carbonyl (C=O) groups is 1. The number of furan rings is 1. The van der Waals surface area contributed by atoms with E-state index < -0.39 is 0 Å². The Bertz CT molecular complexity index is 609. The zero-order chi connectivity index (χ0) is 15.4. The van der Waals surface area contributed by atoms with E-state index in [9.17, 15) is 4.79 Å². The van der Waals surface area contributed by atoms with Crippen molar-refractivity contribution in [3.8, 4) is 0 Å². The first kappa shape index (κ1) is 15.4. The number of aryl methyl sites for hydroxylation is 1. The molecule has 1 aliphatic rings. The summed E-state index contributed by atoms with van der Waals surface area (Å²) in [4.78, 5) is 19.0. The first-order valence-corrected chi connectivity index (χ1v) is 8.40. The SMILES string of the molecule is Cc1nc(CCN2CCOC[C@@H]2CC(=O)c2ccco2)cs1. The highest BCUT2D eigenvalue weighted by atomic mass is 32.1. The highest BCUT2D eigenvalue weighted by molar-refractivity contribution is 7.09. The van der Waals surface area contributed by atoms with Gasteiger partial charge in [-0.05, 0) is 19.1 Å². The number of ether oxygens (including phenoxy) is 1. The van der Waals surface area contributed by atoms with Crippen LogP contribution >= 0.6 is 11.3 Å². The molecule has 1 saturated heterocycles. The predicted octanol–water partition coefficient (Wildman–Crippen LogP) is 2.56. The third kappa shape index (κ3) is 3.82. The normalized spacial score (nSPS) is 19.4. The minimum atomic E-state index is 0.0370. The fourth-order valence-corrected chi connectivity index (χ4v) is 3.35. The van der Waals surface area contributed by atoms with Crippen molar-refractivity contribution in [3.05, 3.63) is 40.2 Å². The average molecular weight is 320 g/mol. The van der Waals surface area contributed by atoms with Crippen LogP contribution in [-0.4, -0.2) is 48.0 Å². The Morgan fingerprint density at radius 3 is 3.18 bits per heavy atom. The summed E-state index contributed by atoms with van der Waals surface area (Å²) in [5.74, 6) is 0.468. The van der Waals surface area contributed by atoms with Crippen molar-refractivity contribution in [1.82, 2.24) is 9.88 Å². The fraction of sp³-hybridized carbons (Fsp3) is 0.500. The number of aromatic nitrogens is 1. The van der Waals surface area contributed by atoms with Crippen molar-refractivity contribution in [3.63, 3.8) is 0 Å². The number of rotatable bonds is 6. The van der Waals surface area contributed by atoms with Gasteiger partial charge in [0, 0.05) is 37.4 Å². The van der Waals surface area contributed by atoms with Gasteiger partial charge in [-0.2, -0.15) is 0 Å². The molecule has 118 valence electrons. The lowest BCUT2D eigenvalue weighted by molar-refractivity contribution is -0.00829. The lowest BCUT2D eigenvalue weighted by Crippen LogP contribution is -2.47. The summed E-state index contributed by atoms with van der Waals surface area (Å²) in [6, 6.07) is 3.58. The minimum absolute atomic E-state index is 0.0370. The summed E-state index contributed by atoms with van der Waals surface area (Å²) < 4.78 is 10.7. The number of morpholine rings is 1. The number of hydrogen-bond acceptors (Lipinski definition) is 6. The van der Waals surface area contributed by atoms with E-state index in [0.29, 0.717) is 18.8 Å². The predicted molar refractivity (Wildman–Crippen MR) is 84.4 cm³/mol. The molecular formula is C16H20N2O3S. The van der Waals surface area contributed by atoms with Crippen LogP contribution in [0.4, 0.5) is 0 Å². The van der Waals surface area contributed by atoms with Crippen LogP contribution in [-0.2, 0) is 11.2 Å². The topological polar surface area (TPSA) is 55.6 Å². The zero-order valence-corrected chi connectivity index (χ0v) is 13.5. The fourth-order valence-electron chi connectivity index (χ4n) is 2.70. The smallest absolute Gasteiger partial charge is 0.199 e. The van der Waals surface area contributed by atoms with Gasteiger partial charge in [0.05, 0.1) is 30.2 Å². The van der Waals surface area contributed by atoms with E-state index in [1.807, 2.05) is 6.92 Å². The van der Waals surface area contributed by atoms with Gasteiger partial charge in [0.15, 0.2) is 11.5 Å². The molecule has 0 bridgehead atoms. The maximum atomic E-state index is 12.2. The minimum Gasteiger partial charge on any atom is -0.461 e. The number of Topliss-reactive ketones (excluding diaryl/α,β-unsaturated/α-hetero) is 1. The van der Waals surface area contributed by atoms with Crippen molar-refractivity contribution >= 4 is 17.1 Å². The van der Waals surface area contributed by atoms with Gasteiger partial charge in [-0.15, -0.1) is 11.3 Å². The molecule has 3 heterocycles. The molecule has 2 aromatic rings. The molecule has 1 atom stereocenters. The Kier molecular flexibility index (Phi) is 5.02. The van der Waals surface area contributed by atoms with Gasteiger partial charge in [0.25, 0.3) is 0 Å². The summed E-state index contributed by atoms with van der Waals surface area (Å²) in [5, 5.41) is 3.21. The van der Waals surface area contributed by atoms with Crippen molar-refractivity contribution in [2.45, 2.75) is 25.8 Å². The lowest BCUT2D eigenvalue weighted by Gasteiger charge is -2.35. The summed E-state index contributed by atoms with van der Waals surface area (Å²) in [6.07, 6.45) is 2.88. The average Bonchev–Trinajstić information content (AvgIpc) is 3.18. The molecule has 0 aliphatic carbocycles. The molecule has 0 saturated carbocycles. The van der Waals surface area contributed by atoms with E-state index in [1.165, 1.54) is 6.26 Å². The third-order valence-electron chi connectivity index (χ3n) is 3.89. The van der Waals surface area contributed by atoms with Crippen LogP contribution < -0.4 is 0 Å². The molecule has 0 unspecified atom stereocenters. The standard InChI is InChI=1S/C16H20N2O3S/c1-12-17-13(11-22-12)4-5-18-6-8-20-10-14(18)9-15(19)16-3-2-7-21-16/h2-3,7,11,14H,4-6,8-10H2,1H3/t14-/m0/s1. The number of nitrogens with zero attached hydrogens (tertiary/aromatic N) is 2. The zero-order valence-electron chi connectivity index (χ0n) is 12.7. The number of thiazole rings is 1. The molecule has 2 aromatic heterocycles. The molecule has 0 spiro atoms. The molecule has 1 aliphatic heterocycles. The van der Waals surface area contributed by atoms with Crippen LogP contribution in [0.1, 0.15) is 27.7 Å². The Morgan fingerprint density at radius 1 is 1.55 bits per heavy atom. The van der Waals surface area contributed by atoms with Crippen LogP contribution in [0.2, 0.25) is 0 Å². The maximum absolute atomic E-state index is 12.2. The lowest BCUT2D eigenvalue weighted by atomic mass is 10.1. The first-order chi connectivity index (χ1) is 10.7. The first-order valence-electron chi connectivity index (χ1n) is 7.52. The van der Waals surface area contributed by atoms with Crippen molar-refractivity contribution < 1.29 is 13.9 Å². The largest absolute Gasteiger partial charge is 0.461 e. The quantitative estimate of drug-likeness (QED) is 0.766. The Balaban J connectivity index is 1.57. The van der Waals surface area contributed by atoms with Gasteiger partial charge >= 0.3 is 0 Å². The maximum Gasteiger partial charge on any atom is 0.199 e. The van der Waals surface area contributed by atoms with Gasteiger partial charge < -0.3 is 9.15 Å². The molecule has 3 rings (SSSR count). The summed E-state index contributed by atoms with van der Waals surface area (Å²) in [5.41, 5.74) is 1.13. The van der Waals surface area contributed by atoms with Gasteiger partial charge in [-0.1, -0.05) is 0 Å². The van der Waals surface area contributed by atoms with E-state index in [4.69, 9.17) is 9.15 Å². The second kappa shape index (κ2) is 7.17. The highest BCUT2D eigenvalue weighted by Crippen LogP contribution is 2.16. The van der Waals surface area contributed by atoms with Gasteiger partial charge in [-0.25, -0.2) is 4.98 Å². The molecule has 22 heavy (non-hydrogen) atoms. The van der Waals surface area contributed by atoms with Gasteiger partial charge in [0.2, 0.25) is 0 Å². The Labute approximate surface area is 133 Å². The van der Waals surface area contributed by atoms with Crippen molar-refractivity contribution in [2.24, 2.45) is 0 Å². The molecular weight excluding hydrogens is 300 g/mol. The van der Waals surface area contributed by atoms with Crippen molar-refractivity contribution in [2.75, 3.05) is 26.3 Å². The molecule has 0 N–H and O–H groups in total. The molecule has 5 nitrogen and oxygen atoms in total. The van der Waals surface area contributed by atoms with E-state index in [-0.39, 0.29) is 11.8 Å². The van der Waals surface area contributed by atoms with Gasteiger partial charge in [-0.3, -0.25) is 9.69 Å². The summed E-state index contributed by atoms with van der Waals surface area (Å²) in [6.45, 7) is 5.11. The molecule has 0 aromatic carbocycles. The van der Waals surface area contributed by atoms with E-state index in [0.717, 1.165) is 36.8 Å². The van der Waals surface area contributed by atoms with E-state index >= 15 is 0 Å². The number of hydrogen-bond donors (Lipinski definition) is 0. The Morgan fingerprint density at radius 2 is 2.45 bits per heavy atom. The summed E-state index contributed by atoms with van der Waals surface area (Å²) in [7, 11) is 0. The van der Waals surface area contributed by atoms with Crippen LogP contribution in [0, 0.1) is 6.92 Å². The van der Waals surface area contributed by atoms with Crippen molar-refractivity contribution in [1.29, 1.82) is 0 Å². The molecule has 1 fully saturated rings. The number of carbonyl (C=O) groups excluding carboxylic acids is 1. The molecule has 6 heteroatoms. The monoisotopic (exact) mass is 320 g/mol. The van der Waals surface area contributed by atoms with Crippen LogP contribution in [0.5, 0.6) is 0 Å². The van der Waals surface area contributed by atoms with Crippen LogP contribution in [0.25, 0.3) is 0 Å². The highest BCUT2D eigenvalue weighted by Gasteiger charge is 2.26. The third-order valence-corrected chi connectivity index (χ3v) is 4.71. The Hall–Kier alpha value is -1.50. The van der Waals surface area contributed by atoms with E-state index in [1.54, 1.807) is 23.5 Å². The molecule has 0 radical (unpaired) electrons. The van der Waals surface area contributed by atoms with Crippen LogP contribution in [0.3, 0.4) is 0 Å². The second-order valence-electron chi connectivity index (χ2n) is 5.48. The van der Waals surface area contributed by atoms with Crippen LogP contribution in [0.15, 0.2) is 28.2 Å². The summed E-state index contributed by atoms with van der Waals surface area (Å²) >= 11 is 1.68. The van der Waals surface area contributed by atoms with E-state index in [2.05, 4.69) is 15.3 Å².